The summed E-state index contributed by atoms with van der Waals surface area (Å²) in [5.41, 5.74) is 0.770. The molecule has 1 rings (SSSR count). The molecule has 1 aromatic rings. The summed E-state index contributed by atoms with van der Waals surface area (Å²) in [6.07, 6.45) is 4.96. The van der Waals surface area contributed by atoms with Crippen LogP contribution in [0.15, 0.2) is 28.7 Å². The molecule has 3 nitrogen and oxygen atoms in total. The van der Waals surface area contributed by atoms with E-state index in [9.17, 15) is 4.79 Å². The van der Waals surface area contributed by atoms with Gasteiger partial charge in [0.05, 0.1) is 0 Å². The predicted molar refractivity (Wildman–Crippen MR) is 59.9 cm³/mol. The molecule has 1 N–H and O–H groups in total. The third-order valence-electron chi connectivity index (χ3n) is 1.68. The van der Waals surface area contributed by atoms with Gasteiger partial charge in [0, 0.05) is 23.3 Å². The monoisotopic (exact) mass is 252 g/mol. The zero-order valence-electron chi connectivity index (χ0n) is 7.62. The third-order valence-corrected chi connectivity index (χ3v) is 2.17. The molecule has 72 valence electrons. The van der Waals surface area contributed by atoms with Gasteiger partial charge in [-0.25, -0.2) is 4.79 Å². The van der Waals surface area contributed by atoms with E-state index >= 15 is 0 Å². The highest BCUT2D eigenvalue weighted by Crippen LogP contribution is 2.18. The largest absolute Gasteiger partial charge is 0.333 e. The zero-order valence-corrected chi connectivity index (χ0v) is 9.21. The summed E-state index contributed by atoms with van der Waals surface area (Å²) in [5, 5.41) is 2.26. The minimum Gasteiger partial charge on any atom is -0.297 e. The van der Waals surface area contributed by atoms with Crippen LogP contribution in [0.3, 0.4) is 0 Å². The molecule has 2 amide bonds. The van der Waals surface area contributed by atoms with Crippen molar-refractivity contribution < 1.29 is 4.79 Å². The Labute approximate surface area is 91.2 Å². The Morgan fingerprint density at radius 2 is 2.36 bits per heavy atom. The number of terminal acetylenes is 1. The normalized spacial score (nSPS) is 8.93. The van der Waals surface area contributed by atoms with E-state index in [1.54, 1.807) is 7.05 Å². The lowest BCUT2D eigenvalue weighted by Gasteiger charge is -2.15. The van der Waals surface area contributed by atoms with Gasteiger partial charge in [-0.3, -0.25) is 10.2 Å². The maximum absolute atomic E-state index is 11.3. The van der Waals surface area contributed by atoms with Crippen molar-refractivity contribution in [2.45, 2.75) is 0 Å². The van der Waals surface area contributed by atoms with Crippen molar-refractivity contribution in [2.75, 3.05) is 11.9 Å². The minimum absolute atomic E-state index is 0.328. The fraction of sp³-hybridized carbons (Fsp3) is 0.100. The molecule has 0 radical (unpaired) electrons. The van der Waals surface area contributed by atoms with Crippen LogP contribution in [0.1, 0.15) is 0 Å². The summed E-state index contributed by atoms with van der Waals surface area (Å²) >= 11 is 3.32. The number of carbonyl (C=O) groups is 1. The van der Waals surface area contributed by atoms with Crippen molar-refractivity contribution in [3.8, 4) is 12.5 Å². The van der Waals surface area contributed by atoms with Gasteiger partial charge in [-0.15, -0.1) is 0 Å². The molecule has 1 aromatic carbocycles. The number of amides is 2. The van der Waals surface area contributed by atoms with E-state index in [-0.39, 0.29) is 6.03 Å². The standard InChI is InChI=1S/C10H9BrN2O/c1-3-12-10(14)13(2)9-6-4-5-8(11)7-9/h1,4-7H,2H3,(H,12,14). The molecule has 0 bridgehead atoms. The number of rotatable bonds is 1. The van der Waals surface area contributed by atoms with E-state index in [0.29, 0.717) is 0 Å². The number of halogens is 1. The Kier molecular flexibility index (Phi) is 3.55. The summed E-state index contributed by atoms with van der Waals surface area (Å²) in [6, 6.07) is 9.13. The average Bonchev–Trinajstić information content (AvgIpc) is 2.17. The number of carbonyl (C=O) groups excluding carboxylic acids is 1. The maximum Gasteiger partial charge on any atom is 0.333 e. The molecule has 0 unspecified atom stereocenters. The van der Waals surface area contributed by atoms with E-state index in [0.717, 1.165) is 10.2 Å². The summed E-state index contributed by atoms with van der Waals surface area (Å²) < 4.78 is 0.912. The topological polar surface area (TPSA) is 32.3 Å². The van der Waals surface area contributed by atoms with Crippen LogP contribution in [0.25, 0.3) is 0 Å². The first kappa shape index (κ1) is 10.6. The summed E-state index contributed by atoms with van der Waals surface area (Å²) in [5.74, 6) is 0. The number of nitrogens with one attached hydrogen (secondary N) is 1. The first-order valence-electron chi connectivity index (χ1n) is 3.90. The van der Waals surface area contributed by atoms with E-state index in [1.165, 1.54) is 4.90 Å². The third kappa shape index (κ3) is 2.51. The van der Waals surface area contributed by atoms with E-state index in [4.69, 9.17) is 6.42 Å². The van der Waals surface area contributed by atoms with Crippen LogP contribution < -0.4 is 10.2 Å². The predicted octanol–water partition coefficient (Wildman–Crippen LogP) is 2.19. The summed E-state index contributed by atoms with van der Waals surface area (Å²) in [6.45, 7) is 0. The van der Waals surface area contributed by atoms with Crippen molar-refractivity contribution in [1.82, 2.24) is 5.32 Å². The molecule has 0 saturated heterocycles. The highest BCUT2D eigenvalue weighted by atomic mass is 79.9. The van der Waals surface area contributed by atoms with Crippen LogP contribution in [0.4, 0.5) is 10.5 Å². The van der Waals surface area contributed by atoms with Gasteiger partial charge >= 0.3 is 6.03 Å². The zero-order chi connectivity index (χ0) is 10.6. The number of hydrogen-bond donors (Lipinski definition) is 1. The van der Waals surface area contributed by atoms with Crippen molar-refractivity contribution in [1.29, 1.82) is 0 Å². The van der Waals surface area contributed by atoms with Gasteiger partial charge in [0.2, 0.25) is 0 Å². The Hall–Kier alpha value is -1.47. The molecule has 0 atom stereocenters. The first-order chi connectivity index (χ1) is 6.65. The highest BCUT2D eigenvalue weighted by Gasteiger charge is 2.08. The minimum atomic E-state index is -0.328. The Morgan fingerprint density at radius 1 is 1.64 bits per heavy atom. The molecule has 4 heteroatoms. The van der Waals surface area contributed by atoms with Crippen molar-refractivity contribution in [3.05, 3.63) is 28.7 Å². The molecule has 0 aliphatic carbocycles. The summed E-state index contributed by atoms with van der Waals surface area (Å²) in [4.78, 5) is 12.7. The van der Waals surface area contributed by atoms with Gasteiger partial charge in [0.1, 0.15) is 0 Å². The molecular weight excluding hydrogens is 244 g/mol. The Bertz CT molecular complexity index is 384. The van der Waals surface area contributed by atoms with Crippen LogP contribution in [-0.4, -0.2) is 13.1 Å². The lowest BCUT2D eigenvalue weighted by Crippen LogP contribution is -2.34. The highest BCUT2D eigenvalue weighted by molar-refractivity contribution is 9.10. The van der Waals surface area contributed by atoms with Gasteiger partial charge in [-0.1, -0.05) is 28.4 Å². The fourth-order valence-electron chi connectivity index (χ4n) is 0.948. The number of nitrogens with zero attached hydrogens (tertiary/aromatic N) is 1. The molecular formula is C10H9BrN2O. The molecule has 0 aliphatic rings. The molecule has 0 spiro atoms. The average molecular weight is 253 g/mol. The molecule has 0 heterocycles. The van der Waals surface area contributed by atoms with Crippen molar-refractivity contribution in [3.63, 3.8) is 0 Å². The molecule has 0 fully saturated rings. The lowest BCUT2D eigenvalue weighted by molar-refractivity contribution is 0.251. The fourth-order valence-corrected chi connectivity index (χ4v) is 1.33. The van der Waals surface area contributed by atoms with Crippen LogP contribution in [0.2, 0.25) is 0 Å². The second-order valence-corrected chi connectivity index (χ2v) is 3.53. The van der Waals surface area contributed by atoms with E-state index in [2.05, 4.69) is 27.3 Å². The van der Waals surface area contributed by atoms with Crippen LogP contribution >= 0.6 is 15.9 Å². The molecule has 0 aliphatic heterocycles. The van der Waals surface area contributed by atoms with Gasteiger partial charge < -0.3 is 0 Å². The van der Waals surface area contributed by atoms with Gasteiger partial charge in [-0.05, 0) is 18.2 Å². The lowest BCUT2D eigenvalue weighted by atomic mass is 10.3. The van der Waals surface area contributed by atoms with Gasteiger partial charge in [-0.2, -0.15) is 0 Å². The van der Waals surface area contributed by atoms with Crippen molar-refractivity contribution in [2.24, 2.45) is 0 Å². The first-order valence-corrected chi connectivity index (χ1v) is 4.69. The SMILES string of the molecule is C#CNC(=O)N(C)c1cccc(Br)c1. The van der Waals surface area contributed by atoms with E-state index in [1.807, 2.05) is 24.3 Å². The van der Waals surface area contributed by atoms with Gasteiger partial charge in [0.25, 0.3) is 0 Å². The maximum atomic E-state index is 11.3. The van der Waals surface area contributed by atoms with Crippen LogP contribution in [-0.2, 0) is 0 Å². The number of urea groups is 1. The second kappa shape index (κ2) is 4.68. The van der Waals surface area contributed by atoms with E-state index < -0.39 is 0 Å². The Balaban J connectivity index is 2.85. The number of anilines is 1. The smallest absolute Gasteiger partial charge is 0.297 e. The Morgan fingerprint density at radius 3 is 2.93 bits per heavy atom. The summed E-state index contributed by atoms with van der Waals surface area (Å²) in [7, 11) is 1.65. The second-order valence-electron chi connectivity index (χ2n) is 2.61. The van der Waals surface area contributed by atoms with Gasteiger partial charge in [0.15, 0.2) is 0 Å². The van der Waals surface area contributed by atoms with Crippen LogP contribution in [0.5, 0.6) is 0 Å². The van der Waals surface area contributed by atoms with Crippen molar-refractivity contribution >= 4 is 27.6 Å². The molecule has 0 aromatic heterocycles. The number of hydrogen-bond acceptors (Lipinski definition) is 1. The molecule has 0 saturated carbocycles. The molecule has 14 heavy (non-hydrogen) atoms. The number of benzene rings is 1. The quantitative estimate of drug-likeness (QED) is 0.603. The van der Waals surface area contributed by atoms with Crippen LogP contribution in [0, 0.1) is 12.5 Å².